The van der Waals surface area contributed by atoms with Crippen LogP contribution in [0.3, 0.4) is 0 Å². The second-order valence-electron chi connectivity index (χ2n) is 4.86. The van der Waals surface area contributed by atoms with E-state index in [-0.39, 0.29) is 6.04 Å². The van der Waals surface area contributed by atoms with Crippen LogP contribution in [0.1, 0.15) is 25.7 Å². The number of nitrogens with two attached hydrogens (primary N) is 1. The van der Waals surface area contributed by atoms with Gasteiger partial charge in [0.1, 0.15) is 5.54 Å². The molecule has 98 valence electrons. The Morgan fingerprint density at radius 1 is 1.44 bits per heavy atom. The third-order valence-electron chi connectivity index (χ3n) is 3.50. The number of hydrogen-bond acceptors (Lipinski definition) is 3. The molecule has 1 aromatic rings. The topological polar surface area (TPSA) is 75.3 Å². The first-order chi connectivity index (χ1) is 8.52. The summed E-state index contributed by atoms with van der Waals surface area (Å²) < 4.78 is 0.931. The Hall–Kier alpha value is -1.07. The van der Waals surface area contributed by atoms with E-state index in [1.807, 2.05) is 24.3 Å². The normalized spacial score (nSPS) is 27.8. The predicted octanol–water partition coefficient (Wildman–Crippen LogP) is 2.59. The van der Waals surface area contributed by atoms with E-state index in [0.717, 1.165) is 23.0 Å². The van der Waals surface area contributed by atoms with Gasteiger partial charge in [0.05, 0.1) is 0 Å². The van der Waals surface area contributed by atoms with Crippen molar-refractivity contribution in [2.24, 2.45) is 5.73 Å². The Balaban J connectivity index is 2.19. The molecule has 18 heavy (non-hydrogen) atoms. The molecule has 0 spiro atoms. The molecule has 0 unspecified atom stereocenters. The fourth-order valence-electron chi connectivity index (χ4n) is 2.37. The van der Waals surface area contributed by atoms with E-state index in [0.29, 0.717) is 12.8 Å². The number of carboxylic acids is 1. The van der Waals surface area contributed by atoms with Gasteiger partial charge in [0.15, 0.2) is 0 Å². The van der Waals surface area contributed by atoms with Crippen LogP contribution in [0.4, 0.5) is 5.69 Å². The lowest BCUT2D eigenvalue weighted by Crippen LogP contribution is -2.51. The van der Waals surface area contributed by atoms with Gasteiger partial charge in [0.2, 0.25) is 0 Å². The first-order valence-electron chi connectivity index (χ1n) is 6.05. The van der Waals surface area contributed by atoms with Crippen LogP contribution >= 0.6 is 15.9 Å². The van der Waals surface area contributed by atoms with Crippen LogP contribution in [-0.2, 0) is 4.79 Å². The number of benzene rings is 1. The van der Waals surface area contributed by atoms with Crippen LogP contribution < -0.4 is 11.1 Å². The molecule has 4 N–H and O–H groups in total. The van der Waals surface area contributed by atoms with Gasteiger partial charge in [0.25, 0.3) is 0 Å². The zero-order chi connectivity index (χ0) is 13.2. The molecule has 0 saturated heterocycles. The molecule has 1 aliphatic carbocycles. The molecule has 0 radical (unpaired) electrons. The summed E-state index contributed by atoms with van der Waals surface area (Å²) >= 11 is 3.38. The van der Waals surface area contributed by atoms with E-state index < -0.39 is 11.5 Å². The van der Waals surface area contributed by atoms with Crippen molar-refractivity contribution in [2.75, 3.05) is 5.32 Å². The molecule has 0 bridgehead atoms. The van der Waals surface area contributed by atoms with Crippen molar-refractivity contribution >= 4 is 27.6 Å². The Kier molecular flexibility index (Phi) is 3.92. The first-order valence-corrected chi connectivity index (χ1v) is 6.84. The number of hydrogen-bond donors (Lipinski definition) is 3. The molecule has 1 aromatic carbocycles. The number of rotatable bonds is 3. The minimum absolute atomic E-state index is 0.127. The van der Waals surface area contributed by atoms with E-state index in [1.54, 1.807) is 0 Å². The Bertz CT molecular complexity index is 442. The Labute approximate surface area is 115 Å². The van der Waals surface area contributed by atoms with Gasteiger partial charge in [0, 0.05) is 16.2 Å². The molecular formula is C13H17BrN2O2. The molecule has 0 aliphatic heterocycles. The number of carboxylic acid groups (broad SMARTS) is 1. The van der Waals surface area contributed by atoms with Crippen LogP contribution in [0.25, 0.3) is 0 Å². The Morgan fingerprint density at radius 2 is 2.11 bits per heavy atom. The van der Waals surface area contributed by atoms with Gasteiger partial charge in [-0.05, 0) is 43.9 Å². The minimum Gasteiger partial charge on any atom is -0.480 e. The molecule has 0 atom stereocenters. The maximum absolute atomic E-state index is 11.6. The number of anilines is 1. The van der Waals surface area contributed by atoms with Gasteiger partial charge in [-0.2, -0.15) is 0 Å². The van der Waals surface area contributed by atoms with Gasteiger partial charge < -0.3 is 16.2 Å². The van der Waals surface area contributed by atoms with Crippen molar-refractivity contribution in [1.29, 1.82) is 0 Å². The van der Waals surface area contributed by atoms with Crippen molar-refractivity contribution in [3.8, 4) is 0 Å². The molecule has 4 nitrogen and oxygen atoms in total. The number of carbonyl (C=O) groups is 1. The fourth-order valence-corrected chi connectivity index (χ4v) is 2.77. The molecule has 2 rings (SSSR count). The van der Waals surface area contributed by atoms with E-state index in [2.05, 4.69) is 21.2 Å². The quantitative estimate of drug-likeness (QED) is 0.802. The van der Waals surface area contributed by atoms with Crippen molar-refractivity contribution in [2.45, 2.75) is 37.3 Å². The summed E-state index contributed by atoms with van der Waals surface area (Å²) in [7, 11) is 0. The summed E-state index contributed by atoms with van der Waals surface area (Å²) in [5.41, 5.74) is 5.79. The summed E-state index contributed by atoms with van der Waals surface area (Å²) in [6.07, 6.45) is 2.62. The summed E-state index contributed by atoms with van der Waals surface area (Å²) in [5.74, 6) is -0.797. The fraction of sp³-hybridized carbons (Fsp3) is 0.462. The third-order valence-corrected chi connectivity index (χ3v) is 3.99. The van der Waals surface area contributed by atoms with E-state index in [9.17, 15) is 9.90 Å². The smallest absolute Gasteiger partial charge is 0.329 e. The third kappa shape index (κ3) is 2.84. The van der Waals surface area contributed by atoms with Gasteiger partial charge in [-0.25, -0.2) is 4.79 Å². The van der Waals surface area contributed by atoms with Crippen molar-refractivity contribution in [3.63, 3.8) is 0 Å². The van der Waals surface area contributed by atoms with Crippen LogP contribution in [-0.4, -0.2) is 22.7 Å². The van der Waals surface area contributed by atoms with E-state index in [4.69, 9.17) is 5.73 Å². The summed E-state index contributed by atoms with van der Waals surface area (Å²) in [4.78, 5) is 11.6. The van der Waals surface area contributed by atoms with Crippen LogP contribution in [0.15, 0.2) is 28.7 Å². The lowest BCUT2D eigenvalue weighted by Gasteiger charge is -2.37. The highest BCUT2D eigenvalue weighted by atomic mass is 79.9. The molecular weight excluding hydrogens is 296 g/mol. The van der Waals surface area contributed by atoms with Crippen LogP contribution in [0.5, 0.6) is 0 Å². The zero-order valence-corrected chi connectivity index (χ0v) is 11.6. The van der Waals surface area contributed by atoms with Crippen molar-refractivity contribution in [1.82, 2.24) is 0 Å². The highest BCUT2D eigenvalue weighted by Crippen LogP contribution is 2.32. The molecule has 5 heteroatoms. The van der Waals surface area contributed by atoms with Gasteiger partial charge >= 0.3 is 5.97 Å². The standard InChI is InChI=1S/C13H17BrN2O2/c14-9-2-1-3-11(8-9)16-13(12(17)18)6-4-10(15)5-7-13/h1-3,8,10,16H,4-7,15H2,(H,17,18). The van der Waals surface area contributed by atoms with E-state index >= 15 is 0 Å². The van der Waals surface area contributed by atoms with Gasteiger partial charge in [-0.15, -0.1) is 0 Å². The average molecular weight is 313 g/mol. The van der Waals surface area contributed by atoms with Crippen LogP contribution in [0, 0.1) is 0 Å². The van der Waals surface area contributed by atoms with E-state index in [1.165, 1.54) is 0 Å². The Morgan fingerprint density at radius 3 is 2.67 bits per heavy atom. The van der Waals surface area contributed by atoms with Gasteiger partial charge in [-0.3, -0.25) is 0 Å². The largest absolute Gasteiger partial charge is 0.480 e. The first kappa shape index (κ1) is 13.4. The molecule has 1 fully saturated rings. The minimum atomic E-state index is -0.878. The molecule has 0 aromatic heterocycles. The summed E-state index contributed by atoms with van der Waals surface area (Å²) in [5, 5.41) is 12.7. The number of nitrogens with one attached hydrogen (secondary N) is 1. The van der Waals surface area contributed by atoms with Crippen molar-refractivity contribution in [3.05, 3.63) is 28.7 Å². The van der Waals surface area contributed by atoms with Crippen LogP contribution in [0.2, 0.25) is 0 Å². The molecule has 0 heterocycles. The highest BCUT2D eigenvalue weighted by Gasteiger charge is 2.41. The van der Waals surface area contributed by atoms with Gasteiger partial charge in [-0.1, -0.05) is 22.0 Å². The monoisotopic (exact) mass is 312 g/mol. The maximum Gasteiger partial charge on any atom is 0.329 e. The molecule has 1 saturated carbocycles. The molecule has 1 aliphatic rings. The summed E-state index contributed by atoms with van der Waals surface area (Å²) in [6, 6.07) is 7.69. The second kappa shape index (κ2) is 5.28. The number of halogens is 1. The lowest BCUT2D eigenvalue weighted by atomic mass is 9.79. The average Bonchev–Trinajstić information content (AvgIpc) is 2.32. The van der Waals surface area contributed by atoms with Crippen molar-refractivity contribution < 1.29 is 9.90 Å². The summed E-state index contributed by atoms with van der Waals surface area (Å²) in [6.45, 7) is 0. The number of aliphatic carboxylic acids is 1. The molecule has 0 amide bonds. The predicted molar refractivity (Wildman–Crippen MR) is 74.6 cm³/mol. The highest BCUT2D eigenvalue weighted by molar-refractivity contribution is 9.10. The lowest BCUT2D eigenvalue weighted by molar-refractivity contribution is -0.143. The maximum atomic E-state index is 11.6. The SMILES string of the molecule is NC1CCC(Nc2cccc(Br)c2)(C(=O)O)CC1. The second-order valence-corrected chi connectivity index (χ2v) is 5.78. The zero-order valence-electron chi connectivity index (χ0n) is 10.0.